The normalized spacial score (nSPS) is 14.8. The highest BCUT2D eigenvalue weighted by Crippen LogP contribution is 2.20. The summed E-state index contributed by atoms with van der Waals surface area (Å²) in [5.74, 6) is 1.44. The Morgan fingerprint density at radius 3 is 2.65 bits per heavy atom. The van der Waals surface area contributed by atoms with Crippen LogP contribution in [0.4, 0.5) is 4.39 Å². The van der Waals surface area contributed by atoms with Crippen molar-refractivity contribution < 1.29 is 18.4 Å². The molecule has 160 valence electrons. The van der Waals surface area contributed by atoms with Crippen LogP contribution < -0.4 is 4.74 Å². The number of amides is 1. The zero-order chi connectivity index (χ0) is 21.6. The van der Waals surface area contributed by atoms with Gasteiger partial charge in [0.2, 0.25) is 17.6 Å². The first-order chi connectivity index (χ1) is 15.1. The van der Waals surface area contributed by atoms with Crippen molar-refractivity contribution in [2.75, 3.05) is 33.3 Å². The molecule has 3 aromatic rings. The second-order valence-electron chi connectivity index (χ2n) is 7.23. The van der Waals surface area contributed by atoms with E-state index in [4.69, 9.17) is 9.26 Å². The van der Waals surface area contributed by atoms with Gasteiger partial charge in [-0.3, -0.25) is 9.69 Å². The lowest BCUT2D eigenvalue weighted by Crippen LogP contribution is -2.47. The van der Waals surface area contributed by atoms with E-state index in [2.05, 4.69) is 15.0 Å². The minimum Gasteiger partial charge on any atom is -0.497 e. The summed E-state index contributed by atoms with van der Waals surface area (Å²) in [7, 11) is 1.62. The number of hydrogen-bond donors (Lipinski definition) is 0. The van der Waals surface area contributed by atoms with E-state index in [0.29, 0.717) is 50.0 Å². The SMILES string of the molecule is COc1ccc(-c2noc(CN3CCN(C(=O)C=Cc4cccc(F)c4)CC3)n2)cc1. The average Bonchev–Trinajstić information content (AvgIpc) is 3.26. The highest BCUT2D eigenvalue weighted by Gasteiger charge is 2.21. The number of nitrogens with zero attached hydrogens (tertiary/aromatic N) is 4. The van der Waals surface area contributed by atoms with Crippen LogP contribution >= 0.6 is 0 Å². The quantitative estimate of drug-likeness (QED) is 0.568. The van der Waals surface area contributed by atoms with Crippen molar-refractivity contribution in [2.45, 2.75) is 6.54 Å². The van der Waals surface area contributed by atoms with E-state index in [-0.39, 0.29) is 11.7 Å². The van der Waals surface area contributed by atoms with Gasteiger partial charge in [-0.1, -0.05) is 17.3 Å². The maximum atomic E-state index is 13.2. The number of ether oxygens (including phenoxy) is 1. The molecule has 0 N–H and O–H groups in total. The third-order valence-corrected chi connectivity index (χ3v) is 5.13. The van der Waals surface area contributed by atoms with E-state index < -0.39 is 0 Å². The maximum Gasteiger partial charge on any atom is 0.246 e. The fraction of sp³-hybridized carbons (Fsp3) is 0.261. The second kappa shape index (κ2) is 9.53. The van der Waals surface area contributed by atoms with Crippen molar-refractivity contribution in [1.82, 2.24) is 19.9 Å². The van der Waals surface area contributed by atoms with Gasteiger partial charge in [-0.25, -0.2) is 4.39 Å². The van der Waals surface area contributed by atoms with Crippen LogP contribution in [0.1, 0.15) is 11.5 Å². The van der Waals surface area contributed by atoms with Gasteiger partial charge in [0, 0.05) is 37.8 Å². The van der Waals surface area contributed by atoms with Gasteiger partial charge in [-0.05, 0) is 48.0 Å². The van der Waals surface area contributed by atoms with Crippen LogP contribution in [0.25, 0.3) is 17.5 Å². The van der Waals surface area contributed by atoms with Gasteiger partial charge in [-0.15, -0.1) is 0 Å². The molecule has 2 heterocycles. The van der Waals surface area contributed by atoms with Crippen molar-refractivity contribution in [2.24, 2.45) is 0 Å². The summed E-state index contributed by atoms with van der Waals surface area (Å²) in [6.45, 7) is 3.15. The van der Waals surface area contributed by atoms with Crippen LogP contribution in [-0.4, -0.2) is 59.1 Å². The monoisotopic (exact) mass is 422 g/mol. The lowest BCUT2D eigenvalue weighted by atomic mass is 10.2. The molecule has 0 bridgehead atoms. The van der Waals surface area contributed by atoms with E-state index >= 15 is 0 Å². The maximum absolute atomic E-state index is 13.2. The van der Waals surface area contributed by atoms with Crippen LogP contribution in [0.3, 0.4) is 0 Å². The summed E-state index contributed by atoms with van der Waals surface area (Å²) in [5.41, 5.74) is 1.52. The Bertz CT molecular complexity index is 1060. The molecule has 1 amide bonds. The molecule has 4 rings (SSSR count). The zero-order valence-corrected chi connectivity index (χ0v) is 17.2. The van der Waals surface area contributed by atoms with Gasteiger partial charge in [0.15, 0.2) is 0 Å². The van der Waals surface area contributed by atoms with Gasteiger partial charge >= 0.3 is 0 Å². The smallest absolute Gasteiger partial charge is 0.246 e. The Morgan fingerprint density at radius 2 is 1.94 bits per heavy atom. The lowest BCUT2D eigenvalue weighted by Gasteiger charge is -2.33. The molecule has 1 aliphatic rings. The number of rotatable bonds is 6. The van der Waals surface area contributed by atoms with E-state index in [0.717, 1.165) is 11.3 Å². The summed E-state index contributed by atoms with van der Waals surface area (Å²) < 4.78 is 23.8. The number of methoxy groups -OCH3 is 1. The number of carbonyl (C=O) groups excluding carboxylic acids is 1. The third-order valence-electron chi connectivity index (χ3n) is 5.13. The number of aromatic nitrogens is 2. The third kappa shape index (κ3) is 5.35. The van der Waals surface area contributed by atoms with E-state index in [1.54, 1.807) is 30.2 Å². The van der Waals surface area contributed by atoms with Crippen LogP contribution in [-0.2, 0) is 11.3 Å². The number of carbonyl (C=O) groups is 1. The number of benzene rings is 2. The van der Waals surface area contributed by atoms with E-state index in [1.165, 1.54) is 18.2 Å². The molecular formula is C23H23FN4O3. The molecule has 0 atom stereocenters. The van der Waals surface area contributed by atoms with Gasteiger partial charge in [0.25, 0.3) is 0 Å². The molecule has 1 saturated heterocycles. The molecule has 7 nitrogen and oxygen atoms in total. The Morgan fingerprint density at radius 1 is 1.16 bits per heavy atom. The Kier molecular flexibility index (Phi) is 6.37. The molecule has 0 unspecified atom stereocenters. The van der Waals surface area contributed by atoms with Gasteiger partial charge < -0.3 is 14.2 Å². The highest BCUT2D eigenvalue weighted by atomic mass is 19.1. The first-order valence-corrected chi connectivity index (χ1v) is 10.0. The molecule has 31 heavy (non-hydrogen) atoms. The Balaban J connectivity index is 1.28. The van der Waals surface area contributed by atoms with Gasteiger partial charge in [0.05, 0.1) is 13.7 Å². The minimum absolute atomic E-state index is 0.0801. The highest BCUT2D eigenvalue weighted by molar-refractivity contribution is 5.91. The molecule has 0 saturated carbocycles. The molecule has 1 aliphatic heterocycles. The fourth-order valence-electron chi connectivity index (χ4n) is 3.38. The first-order valence-electron chi connectivity index (χ1n) is 10.0. The summed E-state index contributed by atoms with van der Waals surface area (Å²) in [6, 6.07) is 13.6. The van der Waals surface area contributed by atoms with Crippen LogP contribution in [0.2, 0.25) is 0 Å². The topological polar surface area (TPSA) is 71.7 Å². The van der Waals surface area contributed by atoms with Crippen molar-refractivity contribution in [3.8, 4) is 17.1 Å². The molecule has 0 radical (unpaired) electrons. The minimum atomic E-state index is -0.320. The number of halogens is 1. The summed E-state index contributed by atoms with van der Waals surface area (Å²) in [4.78, 5) is 20.8. The largest absolute Gasteiger partial charge is 0.497 e. The van der Waals surface area contributed by atoms with Crippen LogP contribution in [0, 0.1) is 5.82 Å². The predicted octanol–water partition coefficient (Wildman–Crippen LogP) is 3.24. The molecule has 0 spiro atoms. The molecule has 0 aliphatic carbocycles. The van der Waals surface area contributed by atoms with Gasteiger partial charge in [-0.2, -0.15) is 4.98 Å². The molecule has 8 heteroatoms. The van der Waals surface area contributed by atoms with Crippen molar-refractivity contribution in [3.05, 3.63) is 71.9 Å². The van der Waals surface area contributed by atoms with E-state index in [1.807, 2.05) is 24.3 Å². The number of hydrogen-bond acceptors (Lipinski definition) is 6. The lowest BCUT2D eigenvalue weighted by molar-refractivity contribution is -0.127. The second-order valence-corrected chi connectivity index (χ2v) is 7.23. The first kappa shape index (κ1) is 20.7. The molecule has 2 aromatic carbocycles. The summed E-state index contributed by atoms with van der Waals surface area (Å²) >= 11 is 0. The van der Waals surface area contributed by atoms with Crippen molar-refractivity contribution >= 4 is 12.0 Å². The fourth-order valence-corrected chi connectivity index (χ4v) is 3.38. The van der Waals surface area contributed by atoms with Crippen LogP contribution in [0.5, 0.6) is 5.75 Å². The van der Waals surface area contributed by atoms with Crippen molar-refractivity contribution in [1.29, 1.82) is 0 Å². The van der Waals surface area contributed by atoms with Gasteiger partial charge in [0.1, 0.15) is 11.6 Å². The summed E-state index contributed by atoms with van der Waals surface area (Å²) in [6.07, 6.45) is 3.13. The average molecular weight is 422 g/mol. The van der Waals surface area contributed by atoms with Crippen LogP contribution in [0.15, 0.2) is 59.1 Å². The van der Waals surface area contributed by atoms with E-state index in [9.17, 15) is 9.18 Å². The number of piperazine rings is 1. The Labute approximate surface area is 179 Å². The molecule has 1 aromatic heterocycles. The molecule has 1 fully saturated rings. The van der Waals surface area contributed by atoms with Crippen molar-refractivity contribution in [3.63, 3.8) is 0 Å². The Hall–Kier alpha value is -3.52. The summed E-state index contributed by atoms with van der Waals surface area (Å²) in [5, 5.41) is 4.06. The predicted molar refractivity (Wildman–Crippen MR) is 114 cm³/mol. The molecular weight excluding hydrogens is 399 g/mol. The zero-order valence-electron chi connectivity index (χ0n) is 17.2. The standard InChI is InChI=1S/C23H23FN4O3/c1-30-20-8-6-18(7-9-20)23-25-21(31-26-23)16-27-11-13-28(14-12-27)22(29)10-5-17-3-2-4-19(24)15-17/h2-10,15H,11-14,16H2,1H3.